The minimum absolute atomic E-state index is 0. The molecule has 0 aromatic carbocycles. The van der Waals surface area contributed by atoms with Crippen LogP contribution in [0.1, 0.15) is 0 Å². The van der Waals surface area contributed by atoms with Gasteiger partial charge in [0.05, 0.1) is 0 Å². The third-order valence-corrected chi connectivity index (χ3v) is 0. The normalized spacial score (nSPS) is 4.29. The van der Waals surface area contributed by atoms with E-state index < -0.39 is 6.16 Å². The topological polar surface area (TPSA) is 80.3 Å². The molecule has 0 aliphatic rings. The van der Waals surface area contributed by atoms with Crippen LogP contribution in [0.15, 0.2) is 0 Å². The molecule has 7 heavy (non-hydrogen) atoms. The van der Waals surface area contributed by atoms with E-state index in [4.69, 9.17) is 16.4 Å². The molecule has 0 bridgehead atoms. The summed E-state index contributed by atoms with van der Waals surface area (Å²) in [4.78, 5) is 8.33. The van der Waals surface area contributed by atoms with Crippen molar-refractivity contribution in [2.75, 3.05) is 0 Å². The number of rotatable bonds is 0. The summed E-state index contributed by atoms with van der Waals surface area (Å²) in [6, 6.07) is 0. The van der Waals surface area contributed by atoms with Gasteiger partial charge in [-0.05, 0) is 6.16 Å². The first-order valence-corrected chi connectivity index (χ1v) is 1.80. The Hall–Kier alpha value is 1.10. The molecule has 0 saturated carbocycles. The van der Waals surface area contributed by atoms with E-state index in [1.165, 1.54) is 0 Å². The maximum atomic E-state index is 8.38. The SMILES string of the molecule is O=C([O-])[O-].[Mg+2].[O]=[Ca]. The molecular weight excluding hydrogens is 140 g/mol. The van der Waals surface area contributed by atoms with Crippen LogP contribution in [0.4, 0.5) is 4.79 Å². The van der Waals surface area contributed by atoms with Crippen LogP contribution in [0.2, 0.25) is 0 Å². The van der Waals surface area contributed by atoms with Crippen LogP contribution >= 0.6 is 0 Å². The molecule has 0 N–H and O–H groups in total. The summed E-state index contributed by atoms with van der Waals surface area (Å²) in [5, 5.41) is 16.7. The van der Waals surface area contributed by atoms with Gasteiger partial charge in [-0.25, -0.2) is 0 Å². The van der Waals surface area contributed by atoms with Crippen LogP contribution in [-0.4, -0.2) is 65.1 Å². The van der Waals surface area contributed by atoms with Gasteiger partial charge in [-0.2, -0.15) is 0 Å². The van der Waals surface area contributed by atoms with Crippen molar-refractivity contribution in [2.24, 2.45) is 0 Å². The predicted molar refractivity (Wildman–Crippen MR) is 17.6 cm³/mol. The van der Waals surface area contributed by atoms with E-state index in [1.807, 2.05) is 0 Å². The summed E-state index contributed by atoms with van der Waals surface area (Å²) < 4.78 is 8.38. The Morgan fingerprint density at radius 2 is 1.29 bits per heavy atom. The molecule has 0 aromatic rings. The van der Waals surface area contributed by atoms with Crippen LogP contribution in [-0.2, 0) is 1.43 Å². The van der Waals surface area contributed by atoms with Crippen LogP contribution in [0.5, 0.6) is 0 Å². The second-order valence-electron chi connectivity index (χ2n) is 0.250. The van der Waals surface area contributed by atoms with Gasteiger partial charge < -0.3 is 15.0 Å². The van der Waals surface area contributed by atoms with Crippen LogP contribution < -0.4 is 10.2 Å². The Balaban J connectivity index is -0.0000000480. The second kappa shape index (κ2) is 15.7. The summed E-state index contributed by atoms with van der Waals surface area (Å²) >= 11 is 0.125. The van der Waals surface area contributed by atoms with Gasteiger partial charge in [-0.15, -0.1) is 0 Å². The van der Waals surface area contributed by atoms with Crippen molar-refractivity contribution in [3.63, 3.8) is 0 Å². The fourth-order valence-corrected chi connectivity index (χ4v) is 0. The Morgan fingerprint density at radius 1 is 1.29 bits per heavy atom. The third kappa shape index (κ3) is 153. The zero-order chi connectivity index (χ0) is 5.58. The molecule has 0 amide bonds. The fourth-order valence-electron chi connectivity index (χ4n) is 0. The summed E-state index contributed by atoms with van der Waals surface area (Å²) in [6.07, 6.45) is -2.33. The summed E-state index contributed by atoms with van der Waals surface area (Å²) in [5.41, 5.74) is 0. The zero-order valence-electron chi connectivity index (χ0n) is 3.55. The second-order valence-corrected chi connectivity index (χ2v) is 0.250. The predicted octanol–water partition coefficient (Wildman–Crippen LogP) is -3.33. The van der Waals surface area contributed by atoms with Crippen LogP contribution in [0.25, 0.3) is 0 Å². The van der Waals surface area contributed by atoms with Gasteiger partial charge in [0.1, 0.15) is 0 Å². The molecule has 0 heterocycles. The monoisotopic (exact) mass is 140 g/mol. The van der Waals surface area contributed by atoms with Gasteiger partial charge >= 0.3 is 60.4 Å². The van der Waals surface area contributed by atoms with Crippen LogP contribution in [0.3, 0.4) is 0 Å². The molecule has 0 atom stereocenters. The number of hydrogen-bond donors (Lipinski definition) is 0. The van der Waals surface area contributed by atoms with Crippen molar-refractivity contribution in [1.82, 2.24) is 0 Å². The van der Waals surface area contributed by atoms with Crippen molar-refractivity contribution in [1.29, 1.82) is 0 Å². The van der Waals surface area contributed by atoms with Gasteiger partial charge in [-0.3, -0.25) is 0 Å². The van der Waals surface area contributed by atoms with Gasteiger partial charge in [0.25, 0.3) is 0 Å². The molecule has 0 radical (unpaired) electrons. The average molecular weight is 140 g/mol. The Morgan fingerprint density at radius 3 is 1.29 bits per heavy atom. The van der Waals surface area contributed by atoms with Gasteiger partial charge in [0.2, 0.25) is 0 Å². The molecule has 0 unspecified atom stereocenters. The summed E-state index contributed by atoms with van der Waals surface area (Å²) in [5.74, 6) is 0. The first kappa shape index (κ1) is 15.7. The molecule has 0 aromatic heterocycles. The number of carbonyl (C=O) groups excluding carboxylic acids is 1. The molecule has 0 spiro atoms. The quantitative estimate of drug-likeness (QED) is 0.330. The Labute approximate surface area is 80.5 Å². The van der Waals surface area contributed by atoms with Gasteiger partial charge in [-0.1, -0.05) is 0 Å². The van der Waals surface area contributed by atoms with E-state index in [0.29, 0.717) is 0 Å². The van der Waals surface area contributed by atoms with E-state index >= 15 is 0 Å². The van der Waals surface area contributed by atoms with E-state index in [1.54, 1.807) is 0 Å². The summed E-state index contributed by atoms with van der Waals surface area (Å²) in [7, 11) is 0. The first-order valence-electron chi connectivity index (χ1n) is 0.901. The fraction of sp³-hybridized carbons (Fsp3) is 0. The molecule has 0 saturated heterocycles. The third-order valence-electron chi connectivity index (χ3n) is 0. The molecule has 6 heteroatoms. The molecule has 32 valence electrons. The molecule has 0 rings (SSSR count). The van der Waals surface area contributed by atoms with E-state index in [2.05, 4.69) is 0 Å². The van der Waals surface area contributed by atoms with E-state index in [9.17, 15) is 0 Å². The Bertz CT molecular complexity index is 43.0. The van der Waals surface area contributed by atoms with E-state index in [0.717, 1.165) is 0 Å². The maximum absolute atomic E-state index is 8.38. The van der Waals surface area contributed by atoms with E-state index in [-0.39, 0.29) is 58.9 Å². The molecule has 0 aliphatic heterocycles. The Kier molecular flexibility index (Phi) is 35.2. The number of carbonyl (C=O) groups is 1. The molecule has 0 fully saturated rings. The molecule has 4 nitrogen and oxygen atoms in total. The first-order chi connectivity index (χ1) is 2.73. The molecule has 0 aliphatic carbocycles. The average Bonchev–Trinajstić information content (AvgIpc) is 1.41. The van der Waals surface area contributed by atoms with Crippen molar-refractivity contribution in [3.05, 3.63) is 0 Å². The zero-order valence-corrected chi connectivity index (χ0v) is 7.17. The van der Waals surface area contributed by atoms with Crippen molar-refractivity contribution in [2.45, 2.75) is 0 Å². The minimum atomic E-state index is -2.33. The number of carboxylic acid groups (broad SMARTS) is 2. The molecular formula is CCaMgO4. The number of hydrogen-bond acceptors (Lipinski definition) is 4. The van der Waals surface area contributed by atoms with Gasteiger partial charge in [0.15, 0.2) is 0 Å². The van der Waals surface area contributed by atoms with Crippen LogP contribution in [0, 0.1) is 0 Å². The van der Waals surface area contributed by atoms with Gasteiger partial charge in [0, 0.05) is 0 Å². The summed E-state index contributed by atoms with van der Waals surface area (Å²) in [6.45, 7) is 0. The van der Waals surface area contributed by atoms with Crippen molar-refractivity contribution in [3.8, 4) is 0 Å². The van der Waals surface area contributed by atoms with Crippen molar-refractivity contribution >= 4 is 65.1 Å². The van der Waals surface area contributed by atoms with Crippen molar-refractivity contribution < 1.29 is 16.4 Å². The standard InChI is InChI=1S/CH2O3.Ca.Mg.O/c2-1(3)4;;;/h(H2,2,3,4);;;/q;;+2;/p-2.